The molecule has 5 rings (SSSR count). The van der Waals surface area contributed by atoms with E-state index in [1.807, 2.05) is 31.2 Å². The van der Waals surface area contributed by atoms with E-state index in [1.165, 1.54) is 26.4 Å². The quantitative estimate of drug-likeness (QED) is 0.224. The van der Waals surface area contributed by atoms with Gasteiger partial charge in [-0.15, -0.1) is 0 Å². The van der Waals surface area contributed by atoms with E-state index in [2.05, 4.69) is 15.1 Å². The number of rotatable bonds is 7. The highest BCUT2D eigenvalue weighted by Gasteiger charge is 2.34. The van der Waals surface area contributed by atoms with Gasteiger partial charge in [0.2, 0.25) is 5.89 Å². The van der Waals surface area contributed by atoms with Crippen molar-refractivity contribution in [2.24, 2.45) is 16.8 Å². The largest absolute Gasteiger partial charge is 0.494 e. The van der Waals surface area contributed by atoms with Crippen molar-refractivity contribution in [3.05, 3.63) is 76.8 Å². The fourth-order valence-corrected chi connectivity index (χ4v) is 5.16. The first-order valence-corrected chi connectivity index (χ1v) is 13.4. The standard InChI is InChI=1S/C30H30F3N5O4/c1-17-4-6-18(7-5-17)25(37-41-3)19-12-14-38(15-13-19)29(39)27-23(16-34)42-28(36-27)21-8-10-22(40-2)26-20(21)9-11-24(35-26)30(31,32)33/h4-11,19H,12-16,34H2,1-3H3/b37-25+. The lowest BCUT2D eigenvalue weighted by atomic mass is 9.88. The van der Waals surface area contributed by atoms with E-state index < -0.39 is 11.9 Å². The van der Waals surface area contributed by atoms with Gasteiger partial charge in [-0.05, 0) is 49.6 Å². The number of likely N-dealkylation sites (tertiary alicyclic amines) is 1. The molecule has 0 bridgehead atoms. The number of hydrogen-bond acceptors (Lipinski definition) is 8. The number of alkyl halides is 3. The number of carbonyl (C=O) groups is 1. The highest BCUT2D eigenvalue weighted by Crippen LogP contribution is 2.37. The van der Waals surface area contributed by atoms with Crippen molar-refractivity contribution in [3.8, 4) is 17.2 Å². The van der Waals surface area contributed by atoms with Crippen molar-refractivity contribution >= 4 is 22.5 Å². The summed E-state index contributed by atoms with van der Waals surface area (Å²) in [6.07, 6.45) is -3.30. The average Bonchev–Trinajstić information content (AvgIpc) is 3.43. The number of nitrogens with zero attached hydrogens (tertiary/aromatic N) is 4. The maximum atomic E-state index is 13.6. The number of nitrogens with two attached hydrogens (primary N) is 1. The third-order valence-corrected chi connectivity index (χ3v) is 7.35. The average molecular weight is 582 g/mol. The van der Waals surface area contributed by atoms with Gasteiger partial charge in [0.15, 0.2) is 11.5 Å². The van der Waals surface area contributed by atoms with E-state index in [1.54, 1.807) is 11.0 Å². The van der Waals surface area contributed by atoms with Crippen LogP contribution in [0, 0.1) is 12.8 Å². The maximum absolute atomic E-state index is 13.6. The molecule has 4 aromatic rings. The molecule has 42 heavy (non-hydrogen) atoms. The highest BCUT2D eigenvalue weighted by atomic mass is 19.4. The van der Waals surface area contributed by atoms with Crippen molar-refractivity contribution in [3.63, 3.8) is 0 Å². The molecule has 9 nitrogen and oxygen atoms in total. The molecular weight excluding hydrogens is 551 g/mol. The first kappa shape index (κ1) is 29.1. The highest BCUT2D eigenvalue weighted by molar-refractivity contribution is 6.02. The predicted octanol–water partition coefficient (Wildman–Crippen LogP) is 5.59. The van der Waals surface area contributed by atoms with Gasteiger partial charge in [-0.25, -0.2) is 9.97 Å². The second-order valence-electron chi connectivity index (χ2n) is 9.99. The summed E-state index contributed by atoms with van der Waals surface area (Å²) < 4.78 is 51.2. The van der Waals surface area contributed by atoms with Crippen LogP contribution in [0.15, 0.2) is 58.1 Å². The fourth-order valence-electron chi connectivity index (χ4n) is 5.16. The van der Waals surface area contributed by atoms with Crippen LogP contribution >= 0.6 is 0 Å². The number of aryl methyl sites for hydroxylation is 1. The van der Waals surface area contributed by atoms with E-state index >= 15 is 0 Å². The summed E-state index contributed by atoms with van der Waals surface area (Å²) in [4.78, 5) is 28.7. The number of piperidine rings is 1. The Balaban J connectivity index is 1.40. The zero-order valence-corrected chi connectivity index (χ0v) is 23.4. The number of amides is 1. The van der Waals surface area contributed by atoms with Gasteiger partial charge < -0.3 is 24.6 Å². The van der Waals surface area contributed by atoms with Crippen molar-refractivity contribution in [2.45, 2.75) is 32.5 Å². The second kappa shape index (κ2) is 11.8. The molecule has 1 aliphatic heterocycles. The number of halogens is 3. The molecule has 1 fully saturated rings. The summed E-state index contributed by atoms with van der Waals surface area (Å²) in [6, 6.07) is 13.3. The van der Waals surface area contributed by atoms with Crippen LogP contribution < -0.4 is 10.5 Å². The molecule has 0 atom stereocenters. The summed E-state index contributed by atoms with van der Waals surface area (Å²) >= 11 is 0. The van der Waals surface area contributed by atoms with Gasteiger partial charge in [-0.2, -0.15) is 13.2 Å². The number of ether oxygens (including phenoxy) is 1. The number of pyridine rings is 1. The first-order chi connectivity index (χ1) is 20.1. The summed E-state index contributed by atoms with van der Waals surface area (Å²) in [5, 5.41) is 4.62. The third kappa shape index (κ3) is 5.67. The number of benzene rings is 2. The van der Waals surface area contributed by atoms with Crippen LogP contribution in [0.1, 0.15) is 45.9 Å². The Morgan fingerprint density at radius 3 is 2.40 bits per heavy atom. The van der Waals surface area contributed by atoms with Crippen LogP contribution in [0.25, 0.3) is 22.4 Å². The number of hydrogen-bond donors (Lipinski definition) is 1. The lowest BCUT2D eigenvalue weighted by Crippen LogP contribution is -2.41. The van der Waals surface area contributed by atoms with Crippen molar-refractivity contribution in [1.82, 2.24) is 14.9 Å². The summed E-state index contributed by atoms with van der Waals surface area (Å²) in [5.41, 5.74) is 8.24. The summed E-state index contributed by atoms with van der Waals surface area (Å²) in [6.45, 7) is 2.84. The third-order valence-electron chi connectivity index (χ3n) is 7.35. The molecule has 1 amide bonds. The van der Waals surface area contributed by atoms with Crippen LogP contribution in [-0.2, 0) is 17.6 Å². The molecular formula is C30H30F3N5O4. The minimum atomic E-state index is -4.63. The maximum Gasteiger partial charge on any atom is 0.433 e. The second-order valence-corrected chi connectivity index (χ2v) is 9.99. The molecule has 1 saturated heterocycles. The zero-order valence-electron chi connectivity index (χ0n) is 23.4. The topological polar surface area (TPSA) is 116 Å². The Hall–Kier alpha value is -4.45. The fraction of sp³-hybridized carbons (Fsp3) is 0.333. The number of methoxy groups -OCH3 is 1. The predicted molar refractivity (Wildman–Crippen MR) is 150 cm³/mol. The van der Waals surface area contributed by atoms with Gasteiger partial charge in [-0.1, -0.05) is 35.0 Å². The van der Waals surface area contributed by atoms with E-state index in [-0.39, 0.29) is 47.0 Å². The SMILES string of the molecule is CO/N=C(\c1ccc(C)cc1)C1CCN(C(=O)c2nc(-c3ccc(OC)c4nc(C(F)(F)F)ccc34)oc2CN)CC1. The lowest BCUT2D eigenvalue weighted by Gasteiger charge is -2.32. The molecule has 0 spiro atoms. The van der Waals surface area contributed by atoms with Crippen LogP contribution in [0.4, 0.5) is 13.2 Å². The normalized spacial score (nSPS) is 14.8. The number of aromatic nitrogens is 2. The van der Waals surface area contributed by atoms with Gasteiger partial charge in [0.05, 0.1) is 19.4 Å². The van der Waals surface area contributed by atoms with Crippen molar-refractivity contribution in [1.29, 1.82) is 0 Å². The monoisotopic (exact) mass is 581 g/mol. The van der Waals surface area contributed by atoms with Crippen LogP contribution in [-0.4, -0.2) is 53.8 Å². The van der Waals surface area contributed by atoms with E-state index in [4.69, 9.17) is 19.7 Å². The molecule has 2 aromatic carbocycles. The van der Waals surface area contributed by atoms with Crippen molar-refractivity contribution < 1.29 is 32.0 Å². The molecule has 0 unspecified atom stereocenters. The molecule has 0 aliphatic carbocycles. The number of oxime groups is 1. The van der Waals surface area contributed by atoms with Crippen molar-refractivity contribution in [2.75, 3.05) is 27.3 Å². The Morgan fingerprint density at radius 1 is 1.07 bits per heavy atom. The van der Waals surface area contributed by atoms with Crippen LogP contribution in [0.5, 0.6) is 5.75 Å². The first-order valence-electron chi connectivity index (χ1n) is 13.4. The van der Waals surface area contributed by atoms with Gasteiger partial charge in [0.25, 0.3) is 5.91 Å². The summed E-state index contributed by atoms with van der Waals surface area (Å²) in [5.74, 6) is 0.156. The Kier molecular flexibility index (Phi) is 8.17. The molecule has 2 N–H and O–H groups in total. The van der Waals surface area contributed by atoms with Crippen LogP contribution in [0.3, 0.4) is 0 Å². The van der Waals surface area contributed by atoms with Gasteiger partial charge in [-0.3, -0.25) is 4.79 Å². The smallest absolute Gasteiger partial charge is 0.433 e. The number of oxazole rings is 1. The number of carbonyl (C=O) groups excluding carboxylic acids is 1. The number of fused-ring (bicyclic) bond motifs is 1. The van der Waals surface area contributed by atoms with Gasteiger partial charge in [0.1, 0.15) is 24.1 Å². The molecule has 2 aromatic heterocycles. The molecule has 3 heterocycles. The summed E-state index contributed by atoms with van der Waals surface area (Å²) in [7, 11) is 2.86. The molecule has 1 aliphatic rings. The molecule has 12 heteroatoms. The Morgan fingerprint density at radius 2 is 1.79 bits per heavy atom. The zero-order chi connectivity index (χ0) is 30.0. The molecule has 0 radical (unpaired) electrons. The van der Waals surface area contributed by atoms with E-state index in [0.717, 1.165) is 22.9 Å². The van der Waals surface area contributed by atoms with Gasteiger partial charge in [0, 0.05) is 30.0 Å². The minimum Gasteiger partial charge on any atom is -0.494 e. The van der Waals surface area contributed by atoms with E-state index in [0.29, 0.717) is 36.9 Å². The molecule has 220 valence electrons. The Labute approximate surface area is 240 Å². The minimum absolute atomic E-state index is 0.00521. The Bertz CT molecular complexity index is 1620. The lowest BCUT2D eigenvalue weighted by molar-refractivity contribution is -0.140. The molecule has 0 saturated carbocycles. The van der Waals surface area contributed by atoms with Gasteiger partial charge >= 0.3 is 6.18 Å². The van der Waals surface area contributed by atoms with Crippen LogP contribution in [0.2, 0.25) is 0 Å². The van der Waals surface area contributed by atoms with E-state index in [9.17, 15) is 18.0 Å².